The second-order valence-electron chi connectivity index (χ2n) is 10.1. The Bertz CT molecular complexity index is 1050. The first-order valence-corrected chi connectivity index (χ1v) is 13.0. The molecule has 0 atom stereocenters. The summed E-state index contributed by atoms with van der Waals surface area (Å²) in [5, 5.41) is 14.1. The van der Waals surface area contributed by atoms with Crippen LogP contribution in [0.2, 0.25) is 0 Å². The number of amides is 2. The van der Waals surface area contributed by atoms with E-state index in [4.69, 9.17) is 16.7 Å². The Morgan fingerprint density at radius 1 is 0.750 bits per heavy atom. The molecule has 10 heteroatoms. The van der Waals surface area contributed by atoms with Gasteiger partial charge in [0.2, 0.25) is 11.8 Å². The molecule has 0 saturated heterocycles. The van der Waals surface area contributed by atoms with Gasteiger partial charge in [-0.1, -0.05) is 53.7 Å². The van der Waals surface area contributed by atoms with Gasteiger partial charge in [0.15, 0.2) is 0 Å². The first kappa shape index (κ1) is 31.8. The van der Waals surface area contributed by atoms with Crippen molar-refractivity contribution in [3.63, 3.8) is 0 Å². The quantitative estimate of drug-likeness (QED) is 0.319. The van der Waals surface area contributed by atoms with E-state index in [0.29, 0.717) is 27.6 Å². The van der Waals surface area contributed by atoms with Crippen LogP contribution in [0.15, 0.2) is 45.3 Å². The summed E-state index contributed by atoms with van der Waals surface area (Å²) in [5.74, 6) is -1.10. The number of rotatable bonds is 6. The summed E-state index contributed by atoms with van der Waals surface area (Å²) in [4.78, 5) is 45.5. The molecule has 0 saturated carbocycles. The molecule has 0 spiro atoms. The Labute approximate surface area is 233 Å². The van der Waals surface area contributed by atoms with Gasteiger partial charge in [-0.3, -0.25) is 14.4 Å². The SMILES string of the molecule is CC(C)(C)C(=O)NCc1ccc(Br)c(C(=O)Cl)c1.CC(C)(C)C(=O)NCc1ccc(Br)c(C(=O)O)c1. The van der Waals surface area contributed by atoms with Gasteiger partial charge in [-0.05, 0) is 78.9 Å². The minimum Gasteiger partial charge on any atom is -0.478 e. The number of carboxylic acid groups (broad SMARTS) is 1. The van der Waals surface area contributed by atoms with E-state index in [-0.39, 0.29) is 17.4 Å². The van der Waals surface area contributed by atoms with E-state index in [9.17, 15) is 19.2 Å². The van der Waals surface area contributed by atoms with Crippen LogP contribution in [0.5, 0.6) is 0 Å². The van der Waals surface area contributed by atoms with E-state index in [1.807, 2.05) is 47.6 Å². The van der Waals surface area contributed by atoms with Crippen molar-refractivity contribution in [3.05, 3.63) is 67.6 Å². The second kappa shape index (κ2) is 13.4. The maximum atomic E-state index is 11.7. The highest BCUT2D eigenvalue weighted by Gasteiger charge is 2.21. The van der Waals surface area contributed by atoms with Crippen LogP contribution >= 0.6 is 43.5 Å². The smallest absolute Gasteiger partial charge is 0.336 e. The Hall–Kier alpha value is -2.23. The lowest BCUT2D eigenvalue weighted by Gasteiger charge is -2.17. The van der Waals surface area contributed by atoms with Crippen LogP contribution in [0.3, 0.4) is 0 Å². The highest BCUT2D eigenvalue weighted by atomic mass is 79.9. The van der Waals surface area contributed by atoms with Crippen molar-refractivity contribution >= 4 is 66.5 Å². The summed E-state index contributed by atoms with van der Waals surface area (Å²) in [7, 11) is 0. The van der Waals surface area contributed by atoms with E-state index in [1.165, 1.54) is 0 Å². The molecule has 2 rings (SSSR count). The molecule has 2 aromatic rings. The van der Waals surface area contributed by atoms with Gasteiger partial charge < -0.3 is 15.7 Å². The average molecular weight is 647 g/mol. The van der Waals surface area contributed by atoms with Crippen molar-refractivity contribution < 1.29 is 24.3 Å². The molecule has 0 heterocycles. The van der Waals surface area contributed by atoms with Crippen LogP contribution in [-0.4, -0.2) is 28.1 Å². The number of hydrogen-bond acceptors (Lipinski definition) is 4. The summed E-state index contributed by atoms with van der Waals surface area (Å²) in [5.41, 5.74) is 1.30. The van der Waals surface area contributed by atoms with Crippen molar-refractivity contribution in [2.24, 2.45) is 10.8 Å². The Morgan fingerprint density at radius 2 is 1.11 bits per heavy atom. The van der Waals surface area contributed by atoms with Gasteiger partial charge in [-0.25, -0.2) is 4.79 Å². The fourth-order valence-electron chi connectivity index (χ4n) is 2.57. The fraction of sp³-hybridized carbons (Fsp3) is 0.385. The molecule has 196 valence electrons. The standard InChI is InChI=1S/C13H15BrClNO2.C13H16BrNO3/c1-13(2,3)12(18)16-7-8-4-5-10(14)9(6-8)11(15)17;1-13(2,3)12(18)15-7-8-4-5-10(14)9(6-8)11(16)17/h4-6H,7H2,1-3H3,(H,16,18);4-6H,7H2,1-3H3,(H,15,18)(H,16,17). The zero-order valence-electron chi connectivity index (χ0n) is 21.1. The Morgan fingerprint density at radius 3 is 1.44 bits per heavy atom. The number of carbonyl (C=O) groups excluding carboxylic acids is 3. The van der Waals surface area contributed by atoms with E-state index in [0.717, 1.165) is 11.1 Å². The molecule has 0 aliphatic heterocycles. The first-order chi connectivity index (χ1) is 16.4. The maximum absolute atomic E-state index is 11.7. The van der Waals surface area contributed by atoms with Gasteiger partial charge in [0.05, 0.1) is 5.56 Å². The van der Waals surface area contributed by atoms with Crippen LogP contribution in [0.25, 0.3) is 0 Å². The number of halogens is 3. The van der Waals surface area contributed by atoms with Crippen LogP contribution < -0.4 is 10.6 Å². The number of benzene rings is 2. The highest BCUT2D eigenvalue weighted by molar-refractivity contribution is 9.10. The lowest BCUT2D eigenvalue weighted by Crippen LogP contribution is -2.34. The normalized spacial score (nSPS) is 11.1. The van der Waals surface area contributed by atoms with Gasteiger partial charge in [0.25, 0.3) is 5.24 Å². The minimum absolute atomic E-state index is 0.0378. The molecule has 0 aliphatic rings. The van der Waals surface area contributed by atoms with Crippen molar-refractivity contribution in [3.8, 4) is 0 Å². The van der Waals surface area contributed by atoms with Crippen molar-refractivity contribution in [1.82, 2.24) is 10.6 Å². The van der Waals surface area contributed by atoms with E-state index >= 15 is 0 Å². The van der Waals surface area contributed by atoms with Crippen molar-refractivity contribution in [2.75, 3.05) is 0 Å². The third-order valence-corrected chi connectivity index (χ3v) is 6.36. The lowest BCUT2D eigenvalue weighted by molar-refractivity contribution is -0.129. The first-order valence-electron chi connectivity index (χ1n) is 11.0. The van der Waals surface area contributed by atoms with Crippen LogP contribution in [-0.2, 0) is 22.7 Å². The third-order valence-electron chi connectivity index (χ3n) is 4.77. The molecule has 3 N–H and O–H groups in total. The summed E-state index contributed by atoms with van der Waals surface area (Å²) < 4.78 is 1.18. The number of carbonyl (C=O) groups is 4. The molecule has 0 fully saturated rings. The molecular weight excluding hydrogens is 616 g/mol. The van der Waals surface area contributed by atoms with Crippen LogP contribution in [0.1, 0.15) is 73.4 Å². The molecule has 2 aromatic carbocycles. The molecule has 36 heavy (non-hydrogen) atoms. The number of aromatic carboxylic acids is 1. The van der Waals surface area contributed by atoms with Crippen LogP contribution in [0, 0.1) is 10.8 Å². The molecule has 2 amide bonds. The molecule has 0 unspecified atom stereocenters. The van der Waals surface area contributed by atoms with E-state index in [1.54, 1.807) is 30.3 Å². The third kappa shape index (κ3) is 10.4. The van der Waals surface area contributed by atoms with E-state index < -0.39 is 22.0 Å². The number of carboxylic acids is 1. The van der Waals surface area contributed by atoms with E-state index in [2.05, 4.69) is 42.5 Å². The molecule has 0 aromatic heterocycles. The zero-order chi connectivity index (χ0) is 27.8. The number of hydrogen-bond donors (Lipinski definition) is 3. The predicted molar refractivity (Wildman–Crippen MR) is 148 cm³/mol. The summed E-state index contributed by atoms with van der Waals surface area (Å²) in [6.07, 6.45) is 0. The topological polar surface area (TPSA) is 113 Å². The van der Waals surface area contributed by atoms with Crippen molar-refractivity contribution in [2.45, 2.75) is 54.6 Å². The summed E-state index contributed by atoms with van der Waals surface area (Å²) in [6.45, 7) is 11.7. The molecule has 0 radical (unpaired) electrons. The highest BCUT2D eigenvalue weighted by Crippen LogP contribution is 2.21. The summed E-state index contributed by atoms with van der Waals surface area (Å²) >= 11 is 11.9. The Balaban J connectivity index is 0.000000360. The second-order valence-corrected chi connectivity index (χ2v) is 12.1. The van der Waals surface area contributed by atoms with Gasteiger partial charge in [-0.15, -0.1) is 0 Å². The molecule has 0 bridgehead atoms. The summed E-state index contributed by atoms with van der Waals surface area (Å²) in [6, 6.07) is 10.2. The minimum atomic E-state index is -0.995. The van der Waals surface area contributed by atoms with Gasteiger partial charge >= 0.3 is 5.97 Å². The average Bonchev–Trinajstić information content (AvgIpc) is 2.76. The molecule has 0 aliphatic carbocycles. The lowest BCUT2D eigenvalue weighted by atomic mass is 9.95. The fourth-order valence-corrected chi connectivity index (χ4v) is 3.69. The van der Waals surface area contributed by atoms with Gasteiger partial charge in [0, 0.05) is 38.4 Å². The Kier molecular flexibility index (Phi) is 11.8. The largest absolute Gasteiger partial charge is 0.478 e. The molecular formula is C26H31Br2ClN2O5. The van der Waals surface area contributed by atoms with Crippen LogP contribution in [0.4, 0.5) is 0 Å². The monoisotopic (exact) mass is 644 g/mol. The van der Waals surface area contributed by atoms with Gasteiger partial charge in [-0.2, -0.15) is 0 Å². The number of nitrogens with one attached hydrogen (secondary N) is 2. The van der Waals surface area contributed by atoms with Gasteiger partial charge in [0.1, 0.15) is 0 Å². The maximum Gasteiger partial charge on any atom is 0.336 e. The molecule has 7 nitrogen and oxygen atoms in total. The zero-order valence-corrected chi connectivity index (χ0v) is 25.0. The predicted octanol–water partition coefficient (Wildman–Crippen LogP) is 6.30. The van der Waals surface area contributed by atoms with Crippen molar-refractivity contribution in [1.29, 1.82) is 0 Å².